The van der Waals surface area contributed by atoms with E-state index in [0.29, 0.717) is 17.9 Å². The summed E-state index contributed by atoms with van der Waals surface area (Å²) in [6.07, 6.45) is -0.181. The number of aromatic hydroxyl groups is 1. The van der Waals surface area contributed by atoms with Crippen LogP contribution in [0.1, 0.15) is 16.9 Å². The maximum Gasteiger partial charge on any atom is 0.307 e. The van der Waals surface area contributed by atoms with Crippen molar-refractivity contribution in [3.8, 4) is 21.9 Å². The summed E-state index contributed by atoms with van der Waals surface area (Å²) >= 11 is 1.62. The Balaban J connectivity index is 1.86. The molecule has 0 saturated heterocycles. The van der Waals surface area contributed by atoms with Gasteiger partial charge in [0.15, 0.2) is 11.5 Å². The van der Waals surface area contributed by atoms with Gasteiger partial charge < -0.3 is 25.2 Å². The first-order valence-electron chi connectivity index (χ1n) is 8.55. The van der Waals surface area contributed by atoms with E-state index >= 15 is 0 Å². The monoisotopic (exact) mass is 390 g/mol. The summed E-state index contributed by atoms with van der Waals surface area (Å²) in [5.41, 5.74) is 7.43. The number of carbonyl (C=O) groups is 2. The number of methoxy groups -OCH3 is 1. The molecule has 8 heteroatoms. The minimum atomic E-state index is -0.976. The van der Waals surface area contributed by atoms with Gasteiger partial charge in [-0.1, -0.05) is 0 Å². The van der Waals surface area contributed by atoms with E-state index in [4.69, 9.17) is 10.5 Å². The Morgan fingerprint density at radius 1 is 1.41 bits per heavy atom. The number of hydrogen-bond donors (Lipinski definition) is 2. The van der Waals surface area contributed by atoms with E-state index in [2.05, 4.69) is 4.74 Å². The van der Waals surface area contributed by atoms with Gasteiger partial charge in [-0.05, 0) is 36.8 Å². The third-order valence-electron chi connectivity index (χ3n) is 4.38. The summed E-state index contributed by atoms with van der Waals surface area (Å²) in [7, 11) is 1.26. The summed E-state index contributed by atoms with van der Waals surface area (Å²) in [4.78, 5) is 27.8. The van der Waals surface area contributed by atoms with E-state index in [0.717, 1.165) is 10.4 Å². The zero-order valence-corrected chi connectivity index (χ0v) is 16.0. The first-order chi connectivity index (χ1) is 12.9. The topological polar surface area (TPSA) is 102 Å². The molecule has 1 aromatic heterocycles. The lowest BCUT2D eigenvalue weighted by Gasteiger charge is -2.23. The van der Waals surface area contributed by atoms with E-state index in [1.807, 2.05) is 25.1 Å². The first kappa shape index (κ1) is 19.2. The highest BCUT2D eigenvalue weighted by Gasteiger charge is 2.27. The number of esters is 1. The van der Waals surface area contributed by atoms with Crippen LogP contribution in [0.5, 0.6) is 11.5 Å². The minimum Gasteiger partial charge on any atom is -0.504 e. The van der Waals surface area contributed by atoms with Crippen LogP contribution in [0.3, 0.4) is 0 Å². The number of phenols is 1. The van der Waals surface area contributed by atoms with Crippen LogP contribution in [-0.2, 0) is 20.9 Å². The second-order valence-corrected chi connectivity index (χ2v) is 7.68. The summed E-state index contributed by atoms with van der Waals surface area (Å²) in [6, 6.07) is 6.62. The number of nitrogens with zero attached hydrogens (tertiary/aromatic N) is 1. The Morgan fingerprint density at radius 2 is 2.19 bits per heavy atom. The molecule has 1 aromatic carbocycles. The van der Waals surface area contributed by atoms with Crippen molar-refractivity contribution in [1.82, 2.24) is 4.90 Å². The number of carbonyl (C=O) groups excluding carboxylic acids is 2. The standard InChI is InChI=1S/C19H22N2O5S/c1-11-3-4-16(27-11)12-7-13-10-21(5-6-26-18(13)15(22)8-12)19(24)14(20)9-17(23)25-2/h3-4,7-8,14,22H,5-6,9-10,20H2,1-2H3/t14-/m0/s1. The third-order valence-corrected chi connectivity index (χ3v) is 5.43. The average molecular weight is 390 g/mol. The smallest absolute Gasteiger partial charge is 0.307 e. The van der Waals surface area contributed by atoms with Crippen molar-refractivity contribution in [2.24, 2.45) is 5.73 Å². The lowest BCUT2D eigenvalue weighted by atomic mass is 10.1. The summed E-state index contributed by atoms with van der Waals surface area (Å²) in [5, 5.41) is 10.4. The lowest BCUT2D eigenvalue weighted by Crippen LogP contribution is -2.45. The van der Waals surface area contributed by atoms with Crippen LogP contribution in [0.25, 0.3) is 10.4 Å². The molecule has 7 nitrogen and oxygen atoms in total. The third kappa shape index (κ3) is 4.23. The quantitative estimate of drug-likeness (QED) is 0.775. The van der Waals surface area contributed by atoms with Gasteiger partial charge >= 0.3 is 5.97 Å². The number of amides is 1. The van der Waals surface area contributed by atoms with Crippen molar-refractivity contribution in [3.63, 3.8) is 0 Å². The predicted octanol–water partition coefficient (Wildman–Crippen LogP) is 2.04. The van der Waals surface area contributed by atoms with Gasteiger partial charge in [0.1, 0.15) is 6.61 Å². The molecule has 27 heavy (non-hydrogen) atoms. The fourth-order valence-corrected chi connectivity index (χ4v) is 3.86. The van der Waals surface area contributed by atoms with Crippen molar-refractivity contribution < 1.29 is 24.2 Å². The van der Waals surface area contributed by atoms with E-state index < -0.39 is 12.0 Å². The summed E-state index contributed by atoms with van der Waals surface area (Å²) in [6.45, 7) is 2.81. The van der Waals surface area contributed by atoms with Gasteiger partial charge in [-0.25, -0.2) is 0 Å². The Morgan fingerprint density at radius 3 is 2.85 bits per heavy atom. The highest BCUT2D eigenvalue weighted by molar-refractivity contribution is 7.15. The van der Waals surface area contributed by atoms with Crippen molar-refractivity contribution in [1.29, 1.82) is 0 Å². The molecule has 2 heterocycles. The van der Waals surface area contributed by atoms with Gasteiger partial charge in [0.05, 0.1) is 26.1 Å². The molecule has 1 atom stereocenters. The zero-order valence-electron chi connectivity index (χ0n) is 15.2. The minimum absolute atomic E-state index is 0.0433. The van der Waals surface area contributed by atoms with Gasteiger partial charge in [0.25, 0.3) is 0 Å². The number of ether oxygens (including phenoxy) is 2. The molecular weight excluding hydrogens is 368 g/mol. The second-order valence-electron chi connectivity index (χ2n) is 6.39. The molecule has 1 aliphatic heterocycles. The van der Waals surface area contributed by atoms with Gasteiger partial charge in [-0.15, -0.1) is 11.3 Å². The fraction of sp³-hybridized carbons (Fsp3) is 0.368. The van der Waals surface area contributed by atoms with Crippen molar-refractivity contribution >= 4 is 23.2 Å². The Hall–Kier alpha value is -2.58. The molecule has 0 aliphatic carbocycles. The van der Waals surface area contributed by atoms with Crippen LogP contribution in [0.15, 0.2) is 24.3 Å². The Kier molecular flexibility index (Phi) is 5.67. The van der Waals surface area contributed by atoms with Gasteiger partial charge in [-0.2, -0.15) is 0 Å². The summed E-state index contributed by atoms with van der Waals surface area (Å²) in [5.74, 6) is -0.463. The number of phenolic OH excluding ortho intramolecular Hbond substituents is 1. The number of fused-ring (bicyclic) bond motifs is 1. The number of aryl methyl sites for hydroxylation is 1. The van der Waals surface area contributed by atoms with Gasteiger partial charge in [-0.3, -0.25) is 9.59 Å². The fourth-order valence-electron chi connectivity index (χ4n) is 3.00. The zero-order chi connectivity index (χ0) is 19.6. The average Bonchev–Trinajstić information content (AvgIpc) is 2.95. The second kappa shape index (κ2) is 7.98. The van der Waals surface area contributed by atoms with E-state index in [-0.39, 0.29) is 31.2 Å². The van der Waals surface area contributed by atoms with Crippen LogP contribution in [0.4, 0.5) is 0 Å². The summed E-state index contributed by atoms with van der Waals surface area (Å²) < 4.78 is 10.2. The number of hydrogen-bond acceptors (Lipinski definition) is 7. The van der Waals surface area contributed by atoms with Crippen LogP contribution in [0.2, 0.25) is 0 Å². The molecule has 2 aromatic rings. The van der Waals surface area contributed by atoms with Crippen molar-refractivity contribution in [3.05, 3.63) is 34.7 Å². The molecule has 144 valence electrons. The number of rotatable bonds is 4. The number of benzene rings is 1. The normalized spacial score (nSPS) is 14.7. The van der Waals surface area contributed by atoms with Crippen LogP contribution >= 0.6 is 11.3 Å². The lowest BCUT2D eigenvalue weighted by molar-refractivity contribution is -0.144. The molecular formula is C19H22N2O5S. The van der Waals surface area contributed by atoms with E-state index in [9.17, 15) is 14.7 Å². The highest BCUT2D eigenvalue weighted by atomic mass is 32.1. The number of thiophene rings is 1. The molecule has 3 N–H and O–H groups in total. The maximum atomic E-state index is 12.6. The molecule has 0 saturated carbocycles. The molecule has 0 unspecified atom stereocenters. The van der Waals surface area contributed by atoms with Gasteiger partial charge in [0, 0.05) is 21.9 Å². The SMILES string of the molecule is COC(=O)C[C@H](N)C(=O)N1CCOc2c(O)cc(-c3ccc(C)s3)cc2C1. The predicted molar refractivity (Wildman–Crippen MR) is 102 cm³/mol. The molecule has 0 spiro atoms. The molecule has 0 bridgehead atoms. The van der Waals surface area contributed by atoms with Gasteiger partial charge in [0.2, 0.25) is 5.91 Å². The Labute approximate surface area is 161 Å². The maximum absolute atomic E-state index is 12.6. The Bertz CT molecular complexity index is 864. The molecule has 1 amide bonds. The van der Waals surface area contributed by atoms with Crippen LogP contribution in [-0.4, -0.2) is 48.2 Å². The number of nitrogens with two attached hydrogens (primary N) is 1. The largest absolute Gasteiger partial charge is 0.504 e. The van der Waals surface area contributed by atoms with Crippen LogP contribution < -0.4 is 10.5 Å². The van der Waals surface area contributed by atoms with E-state index in [1.165, 1.54) is 12.0 Å². The highest BCUT2D eigenvalue weighted by Crippen LogP contribution is 2.39. The molecule has 0 radical (unpaired) electrons. The van der Waals surface area contributed by atoms with Crippen molar-refractivity contribution in [2.45, 2.75) is 25.9 Å². The molecule has 0 fully saturated rings. The first-order valence-corrected chi connectivity index (χ1v) is 9.37. The van der Waals surface area contributed by atoms with E-state index in [1.54, 1.807) is 22.3 Å². The van der Waals surface area contributed by atoms with Crippen LogP contribution in [0, 0.1) is 6.92 Å². The molecule has 1 aliphatic rings. The molecule has 3 rings (SSSR count). The van der Waals surface area contributed by atoms with Crippen molar-refractivity contribution in [2.75, 3.05) is 20.3 Å².